The molecule has 0 heterocycles. The summed E-state index contributed by atoms with van der Waals surface area (Å²) in [7, 11) is 0. The molecular formula is C11H14O. The van der Waals surface area contributed by atoms with Gasteiger partial charge in [0.2, 0.25) is 0 Å². The molecule has 0 aromatic heterocycles. The smallest absolute Gasteiger partial charge is 0.137 e. The molecule has 0 N–H and O–H groups in total. The number of carbonyl (C=O) groups is 1. The molecule has 4 unspecified atom stereocenters. The van der Waals surface area contributed by atoms with E-state index in [0.717, 1.165) is 12.3 Å². The van der Waals surface area contributed by atoms with Crippen LogP contribution in [0.1, 0.15) is 25.7 Å². The molecule has 0 saturated heterocycles. The summed E-state index contributed by atoms with van der Waals surface area (Å²) in [5, 5.41) is 0. The Balaban J connectivity index is 2.05. The topological polar surface area (TPSA) is 17.1 Å². The Morgan fingerprint density at radius 2 is 2.17 bits per heavy atom. The minimum absolute atomic E-state index is 0.416. The fraction of sp³-hybridized carbons (Fsp3) is 0.727. The van der Waals surface area contributed by atoms with Crippen LogP contribution in [0.15, 0.2) is 12.2 Å². The first kappa shape index (κ1) is 6.88. The molecule has 0 aromatic carbocycles. The van der Waals surface area contributed by atoms with Crippen LogP contribution in [-0.4, -0.2) is 5.78 Å². The lowest BCUT2D eigenvalue weighted by Crippen LogP contribution is -2.17. The van der Waals surface area contributed by atoms with E-state index < -0.39 is 0 Å². The monoisotopic (exact) mass is 162 g/mol. The Labute approximate surface area is 72.8 Å². The zero-order valence-corrected chi connectivity index (χ0v) is 7.20. The molecule has 4 atom stereocenters. The summed E-state index contributed by atoms with van der Waals surface area (Å²) >= 11 is 0. The van der Waals surface area contributed by atoms with Crippen molar-refractivity contribution in [3.63, 3.8) is 0 Å². The van der Waals surface area contributed by atoms with Crippen LogP contribution in [0.25, 0.3) is 0 Å². The van der Waals surface area contributed by atoms with Crippen molar-refractivity contribution in [2.24, 2.45) is 23.7 Å². The van der Waals surface area contributed by atoms with Gasteiger partial charge in [-0.15, -0.1) is 0 Å². The summed E-state index contributed by atoms with van der Waals surface area (Å²) in [5.74, 6) is 3.06. The van der Waals surface area contributed by atoms with E-state index in [9.17, 15) is 4.79 Å². The summed E-state index contributed by atoms with van der Waals surface area (Å²) in [4.78, 5) is 11.7. The molecule has 1 nitrogen and oxygen atoms in total. The van der Waals surface area contributed by atoms with Crippen molar-refractivity contribution < 1.29 is 4.79 Å². The van der Waals surface area contributed by atoms with Crippen LogP contribution in [0.3, 0.4) is 0 Å². The third-order valence-electron chi connectivity index (χ3n) is 3.95. The maximum Gasteiger partial charge on any atom is 0.137 e. The van der Waals surface area contributed by atoms with E-state index in [1.54, 1.807) is 0 Å². The molecule has 0 aromatic rings. The van der Waals surface area contributed by atoms with Crippen LogP contribution in [0.4, 0.5) is 0 Å². The van der Waals surface area contributed by atoms with Gasteiger partial charge in [-0.25, -0.2) is 0 Å². The van der Waals surface area contributed by atoms with E-state index in [-0.39, 0.29) is 0 Å². The van der Waals surface area contributed by atoms with Gasteiger partial charge in [0.15, 0.2) is 0 Å². The van der Waals surface area contributed by atoms with Crippen molar-refractivity contribution in [3.05, 3.63) is 12.2 Å². The van der Waals surface area contributed by atoms with E-state index in [2.05, 4.69) is 12.2 Å². The van der Waals surface area contributed by atoms with Crippen molar-refractivity contribution in [1.82, 2.24) is 0 Å². The number of carbonyl (C=O) groups excluding carboxylic acids is 1. The minimum Gasteiger partial charge on any atom is -0.299 e. The Bertz CT molecular complexity index is 254. The van der Waals surface area contributed by atoms with Crippen molar-refractivity contribution in [1.29, 1.82) is 0 Å². The Morgan fingerprint density at radius 1 is 1.25 bits per heavy atom. The first-order valence-corrected chi connectivity index (χ1v) is 5.05. The first-order chi connectivity index (χ1) is 5.84. The van der Waals surface area contributed by atoms with Gasteiger partial charge >= 0.3 is 0 Å². The third kappa shape index (κ3) is 0.769. The van der Waals surface area contributed by atoms with Crippen LogP contribution in [0.5, 0.6) is 0 Å². The van der Waals surface area contributed by atoms with E-state index in [0.29, 0.717) is 23.5 Å². The molecule has 1 heteroatoms. The molecule has 0 spiro atoms. The van der Waals surface area contributed by atoms with Crippen molar-refractivity contribution in [3.8, 4) is 0 Å². The fourth-order valence-corrected chi connectivity index (χ4v) is 3.36. The summed E-state index contributed by atoms with van der Waals surface area (Å²) in [6.45, 7) is 0. The van der Waals surface area contributed by atoms with Crippen LogP contribution in [0.2, 0.25) is 0 Å². The number of rotatable bonds is 0. The molecule has 2 saturated carbocycles. The van der Waals surface area contributed by atoms with Gasteiger partial charge in [-0.1, -0.05) is 12.2 Å². The second-order valence-electron chi connectivity index (χ2n) is 4.57. The zero-order valence-electron chi connectivity index (χ0n) is 7.20. The third-order valence-corrected chi connectivity index (χ3v) is 3.95. The highest BCUT2D eigenvalue weighted by molar-refractivity contribution is 5.83. The highest BCUT2D eigenvalue weighted by atomic mass is 16.1. The first-order valence-electron chi connectivity index (χ1n) is 5.05. The number of hydrogen-bond donors (Lipinski definition) is 0. The van der Waals surface area contributed by atoms with Crippen LogP contribution >= 0.6 is 0 Å². The van der Waals surface area contributed by atoms with Gasteiger partial charge in [0.05, 0.1) is 0 Å². The number of ketones is 1. The standard InChI is InChI=1S/C11H14O/c12-11-6-7-1-3-9-8(5-7)2-4-10(9)11/h1,3,7-10H,2,4-6H2. The van der Waals surface area contributed by atoms with Gasteiger partial charge in [0, 0.05) is 12.3 Å². The van der Waals surface area contributed by atoms with E-state index in [4.69, 9.17) is 0 Å². The van der Waals surface area contributed by atoms with E-state index >= 15 is 0 Å². The van der Waals surface area contributed by atoms with Crippen LogP contribution in [-0.2, 0) is 4.79 Å². The van der Waals surface area contributed by atoms with Gasteiger partial charge in [-0.05, 0) is 37.0 Å². The molecule has 0 radical (unpaired) electrons. The van der Waals surface area contributed by atoms with E-state index in [1.165, 1.54) is 19.3 Å². The highest BCUT2D eigenvalue weighted by Gasteiger charge is 2.44. The predicted molar refractivity (Wildman–Crippen MR) is 46.6 cm³/mol. The summed E-state index contributed by atoms with van der Waals surface area (Å²) in [6.07, 6.45) is 9.25. The molecule has 0 aliphatic heterocycles. The lowest BCUT2D eigenvalue weighted by molar-refractivity contribution is -0.123. The summed E-state index contributed by atoms with van der Waals surface area (Å²) < 4.78 is 0. The normalized spacial score (nSPS) is 49.8. The van der Waals surface area contributed by atoms with Crippen LogP contribution in [0, 0.1) is 23.7 Å². The maximum atomic E-state index is 11.7. The molecule has 64 valence electrons. The Morgan fingerprint density at radius 3 is 3.08 bits per heavy atom. The molecule has 4 aliphatic rings. The molecule has 12 heavy (non-hydrogen) atoms. The summed E-state index contributed by atoms with van der Waals surface area (Å²) in [5.41, 5.74) is 0. The quantitative estimate of drug-likeness (QED) is 0.499. The van der Waals surface area contributed by atoms with Gasteiger partial charge in [-0.2, -0.15) is 0 Å². The zero-order chi connectivity index (χ0) is 8.13. The number of fused-ring (bicyclic) bond motifs is 1. The van der Waals surface area contributed by atoms with Crippen molar-refractivity contribution in [2.75, 3.05) is 0 Å². The van der Waals surface area contributed by atoms with Crippen LogP contribution < -0.4 is 0 Å². The molecule has 2 fully saturated rings. The minimum atomic E-state index is 0.416. The van der Waals surface area contributed by atoms with Gasteiger partial charge in [0.25, 0.3) is 0 Å². The average molecular weight is 162 g/mol. The second-order valence-corrected chi connectivity index (χ2v) is 4.57. The second kappa shape index (κ2) is 2.21. The number of hydrogen-bond acceptors (Lipinski definition) is 1. The summed E-state index contributed by atoms with van der Waals surface area (Å²) in [6, 6.07) is 0. The molecule has 0 amide bonds. The maximum absolute atomic E-state index is 11.7. The van der Waals surface area contributed by atoms with Gasteiger partial charge < -0.3 is 0 Å². The Kier molecular flexibility index (Phi) is 1.27. The largest absolute Gasteiger partial charge is 0.299 e. The van der Waals surface area contributed by atoms with Gasteiger partial charge in [0.1, 0.15) is 5.78 Å². The lowest BCUT2D eigenvalue weighted by Gasteiger charge is -2.23. The van der Waals surface area contributed by atoms with E-state index in [1.807, 2.05) is 0 Å². The predicted octanol–water partition coefficient (Wildman–Crippen LogP) is 2.18. The number of Topliss-reactive ketones (excluding diaryl/α,β-unsaturated/α-hetero) is 1. The molecule has 4 aliphatic carbocycles. The average Bonchev–Trinajstić information content (AvgIpc) is 2.34. The highest BCUT2D eigenvalue weighted by Crippen LogP contribution is 2.49. The lowest BCUT2D eigenvalue weighted by atomic mass is 9.82. The number of allylic oxidation sites excluding steroid dienone is 2. The SMILES string of the molecule is O=C1CC2C=CC3C(CCC13)C2. The van der Waals surface area contributed by atoms with Crippen molar-refractivity contribution >= 4 is 5.78 Å². The Hall–Kier alpha value is -0.590. The molecule has 4 bridgehead atoms. The fourth-order valence-electron chi connectivity index (χ4n) is 3.36. The molecular weight excluding hydrogens is 148 g/mol. The van der Waals surface area contributed by atoms with Crippen molar-refractivity contribution in [2.45, 2.75) is 25.7 Å². The van der Waals surface area contributed by atoms with Gasteiger partial charge in [-0.3, -0.25) is 4.79 Å². The molecule has 4 rings (SSSR count).